The zero-order valence-electron chi connectivity index (χ0n) is 17.6. The summed E-state index contributed by atoms with van der Waals surface area (Å²) < 4.78 is 8.03. The highest BCUT2D eigenvalue weighted by molar-refractivity contribution is 7.99. The van der Waals surface area contributed by atoms with E-state index >= 15 is 0 Å². The molecule has 1 unspecified atom stereocenters. The van der Waals surface area contributed by atoms with Crippen LogP contribution in [0.2, 0.25) is 0 Å². The molecule has 10 heteroatoms. The van der Waals surface area contributed by atoms with Crippen molar-refractivity contribution < 1.29 is 4.52 Å². The number of thioether (sulfide) groups is 1. The van der Waals surface area contributed by atoms with Gasteiger partial charge in [0, 0.05) is 25.9 Å². The molecule has 3 heterocycles. The first-order valence-corrected chi connectivity index (χ1v) is 10.7. The third-order valence-electron chi connectivity index (χ3n) is 4.57. The summed E-state index contributed by atoms with van der Waals surface area (Å²) in [6.07, 6.45) is 1.42. The van der Waals surface area contributed by atoms with Crippen molar-refractivity contribution in [2.75, 3.05) is 0 Å². The van der Waals surface area contributed by atoms with Gasteiger partial charge >= 0.3 is 5.69 Å². The third-order valence-corrected chi connectivity index (χ3v) is 5.64. The molecule has 9 nitrogen and oxygen atoms in total. The molecule has 0 spiro atoms. The second-order valence-corrected chi connectivity index (χ2v) is 8.53. The predicted octanol–water partition coefficient (Wildman–Crippen LogP) is 2.82. The molecule has 0 N–H and O–H groups in total. The summed E-state index contributed by atoms with van der Waals surface area (Å²) in [5.41, 5.74) is -0.387. The van der Waals surface area contributed by atoms with E-state index in [4.69, 9.17) is 4.52 Å². The lowest BCUT2D eigenvalue weighted by Gasteiger charge is -2.16. The second-order valence-electron chi connectivity index (χ2n) is 7.20. The summed E-state index contributed by atoms with van der Waals surface area (Å²) in [4.78, 5) is 39.3. The molecule has 0 bridgehead atoms. The molecule has 0 radical (unpaired) electrons. The van der Waals surface area contributed by atoms with Crippen LogP contribution in [0.5, 0.6) is 0 Å². The summed E-state index contributed by atoms with van der Waals surface area (Å²) in [5.74, 6) is 1.74. The van der Waals surface area contributed by atoms with Crippen LogP contribution < -0.4 is 11.2 Å². The van der Waals surface area contributed by atoms with Gasteiger partial charge in [-0.05, 0) is 13.3 Å². The third kappa shape index (κ3) is 3.98. The lowest BCUT2D eigenvalue weighted by molar-refractivity contribution is 0.375. The van der Waals surface area contributed by atoms with Crippen molar-refractivity contribution in [3.8, 4) is 0 Å². The zero-order chi connectivity index (χ0) is 21.3. The number of hydrogen-bond donors (Lipinski definition) is 0. The maximum atomic E-state index is 13.0. The van der Waals surface area contributed by atoms with Gasteiger partial charge in [-0.15, -0.1) is 0 Å². The molecule has 0 aliphatic heterocycles. The van der Waals surface area contributed by atoms with Gasteiger partial charge in [-0.3, -0.25) is 13.9 Å². The number of aromatic nitrogens is 6. The van der Waals surface area contributed by atoms with Gasteiger partial charge in [0.15, 0.2) is 11.5 Å². The summed E-state index contributed by atoms with van der Waals surface area (Å²) in [5, 5.41) is 4.60. The number of fused-ring (bicyclic) bond motifs is 1. The average Bonchev–Trinajstić information content (AvgIpc) is 3.18. The predicted molar refractivity (Wildman–Crippen MR) is 111 cm³/mol. The van der Waals surface area contributed by atoms with Crippen LogP contribution in [0.25, 0.3) is 11.0 Å². The quantitative estimate of drug-likeness (QED) is 0.426. The van der Waals surface area contributed by atoms with E-state index in [1.54, 1.807) is 4.57 Å². The minimum absolute atomic E-state index is 0.0402. The Bertz CT molecular complexity index is 1150. The van der Waals surface area contributed by atoms with E-state index in [1.165, 1.54) is 18.8 Å². The smallest absolute Gasteiger partial charge is 0.332 e. The molecule has 0 amide bonds. The van der Waals surface area contributed by atoms with Gasteiger partial charge in [0.25, 0.3) is 5.56 Å². The Kier molecular flexibility index (Phi) is 6.21. The molecule has 3 rings (SSSR count). The van der Waals surface area contributed by atoms with Gasteiger partial charge in [0.1, 0.15) is 16.2 Å². The van der Waals surface area contributed by atoms with Crippen LogP contribution in [0.1, 0.15) is 69.7 Å². The summed E-state index contributed by atoms with van der Waals surface area (Å²) in [7, 11) is 1.48. The molecule has 3 aromatic heterocycles. The minimum Gasteiger partial charge on any atom is -0.338 e. The lowest BCUT2D eigenvalue weighted by atomic mass is 10.2. The largest absolute Gasteiger partial charge is 0.338 e. The standard InChI is InChI=1S/C19H26N6O3S/c1-7-9-25-15-13(18(26)24(6)19(25)27)17(22-14(21-15)10(3)4)29-11(5)16-20-12(8-2)23-28-16/h10-11H,7-9H2,1-6H3. The summed E-state index contributed by atoms with van der Waals surface area (Å²) in [6.45, 7) is 10.3. The first-order chi connectivity index (χ1) is 13.8. The molecule has 0 aliphatic carbocycles. The topological polar surface area (TPSA) is 109 Å². The van der Waals surface area contributed by atoms with E-state index in [1.807, 2.05) is 34.6 Å². The van der Waals surface area contributed by atoms with Crippen molar-refractivity contribution in [2.45, 2.75) is 70.2 Å². The lowest BCUT2D eigenvalue weighted by Crippen LogP contribution is -2.39. The molecule has 0 saturated carbocycles. The normalized spacial score (nSPS) is 12.8. The first-order valence-electron chi connectivity index (χ1n) is 9.79. The van der Waals surface area contributed by atoms with Crippen molar-refractivity contribution in [1.82, 2.24) is 29.2 Å². The van der Waals surface area contributed by atoms with Crippen LogP contribution in [0.15, 0.2) is 19.1 Å². The average molecular weight is 419 g/mol. The Morgan fingerprint density at radius 2 is 1.83 bits per heavy atom. The van der Waals surface area contributed by atoms with Crippen molar-refractivity contribution in [1.29, 1.82) is 0 Å². The second kappa shape index (κ2) is 8.48. The Labute approximate surface area is 172 Å². The van der Waals surface area contributed by atoms with Crippen molar-refractivity contribution in [2.24, 2.45) is 7.05 Å². The van der Waals surface area contributed by atoms with E-state index in [2.05, 4.69) is 20.1 Å². The van der Waals surface area contributed by atoms with Crippen LogP contribution in [0.4, 0.5) is 0 Å². The van der Waals surface area contributed by atoms with Crippen LogP contribution in [-0.2, 0) is 20.0 Å². The maximum absolute atomic E-state index is 13.0. The fourth-order valence-electron chi connectivity index (χ4n) is 2.92. The van der Waals surface area contributed by atoms with Gasteiger partial charge in [-0.2, -0.15) is 4.98 Å². The van der Waals surface area contributed by atoms with Crippen molar-refractivity contribution >= 4 is 22.8 Å². The Morgan fingerprint density at radius 1 is 1.10 bits per heavy atom. The highest BCUT2D eigenvalue weighted by Crippen LogP contribution is 2.35. The molecule has 0 aliphatic rings. The molecule has 0 saturated heterocycles. The zero-order valence-corrected chi connectivity index (χ0v) is 18.4. The Hall–Kier alpha value is -2.49. The maximum Gasteiger partial charge on any atom is 0.332 e. The number of nitrogens with zero attached hydrogens (tertiary/aromatic N) is 6. The van der Waals surface area contributed by atoms with E-state index in [-0.39, 0.29) is 16.9 Å². The molecule has 3 aromatic rings. The molecule has 29 heavy (non-hydrogen) atoms. The van der Waals surface area contributed by atoms with Crippen molar-refractivity contribution in [3.05, 3.63) is 38.4 Å². The minimum atomic E-state index is -0.401. The fraction of sp³-hybridized carbons (Fsp3) is 0.579. The molecular weight excluding hydrogens is 392 g/mol. The van der Waals surface area contributed by atoms with Crippen LogP contribution in [0.3, 0.4) is 0 Å². The van der Waals surface area contributed by atoms with E-state index in [0.717, 1.165) is 11.0 Å². The molecule has 0 aromatic carbocycles. The number of aryl methyl sites for hydroxylation is 2. The number of rotatable bonds is 7. The molecule has 1 atom stereocenters. The van der Waals surface area contributed by atoms with Crippen LogP contribution >= 0.6 is 11.8 Å². The SMILES string of the molecule is CCCn1c(=O)n(C)c(=O)c2c(SC(C)c3nc(CC)no3)nc(C(C)C)nc21. The molecule has 0 fully saturated rings. The van der Waals surface area contributed by atoms with Crippen molar-refractivity contribution in [3.63, 3.8) is 0 Å². The van der Waals surface area contributed by atoms with Gasteiger partial charge < -0.3 is 4.52 Å². The Balaban J connectivity index is 2.24. The highest BCUT2D eigenvalue weighted by Gasteiger charge is 2.23. The fourth-order valence-corrected chi connectivity index (χ4v) is 3.89. The summed E-state index contributed by atoms with van der Waals surface area (Å²) in [6, 6.07) is 0. The van der Waals surface area contributed by atoms with Gasteiger partial charge in [-0.1, -0.05) is 44.6 Å². The monoisotopic (exact) mass is 418 g/mol. The first kappa shape index (κ1) is 21.2. The highest BCUT2D eigenvalue weighted by atomic mass is 32.2. The van der Waals surface area contributed by atoms with Crippen LogP contribution in [-0.4, -0.2) is 29.2 Å². The van der Waals surface area contributed by atoms with E-state index < -0.39 is 5.56 Å². The van der Waals surface area contributed by atoms with Gasteiger partial charge in [-0.25, -0.2) is 14.8 Å². The van der Waals surface area contributed by atoms with Gasteiger partial charge in [0.05, 0.1) is 5.25 Å². The van der Waals surface area contributed by atoms with E-state index in [0.29, 0.717) is 46.6 Å². The summed E-state index contributed by atoms with van der Waals surface area (Å²) >= 11 is 1.36. The van der Waals surface area contributed by atoms with E-state index in [9.17, 15) is 9.59 Å². The molecular formula is C19H26N6O3S. The number of hydrogen-bond acceptors (Lipinski definition) is 8. The van der Waals surface area contributed by atoms with Crippen LogP contribution in [0, 0.1) is 0 Å². The van der Waals surface area contributed by atoms with Gasteiger partial charge in [0.2, 0.25) is 5.89 Å². The molecule has 156 valence electrons. The Morgan fingerprint density at radius 3 is 2.41 bits per heavy atom.